The summed E-state index contributed by atoms with van der Waals surface area (Å²) in [6.07, 6.45) is 0. The van der Waals surface area contributed by atoms with Gasteiger partial charge < -0.3 is 15.2 Å². The highest BCUT2D eigenvalue weighted by Crippen LogP contribution is 2.32. The van der Waals surface area contributed by atoms with Gasteiger partial charge in [-0.05, 0) is 18.2 Å². The minimum absolute atomic E-state index is 0.116. The largest absolute Gasteiger partial charge is 0.497 e. The van der Waals surface area contributed by atoms with E-state index in [4.69, 9.17) is 15.2 Å². The van der Waals surface area contributed by atoms with Crippen LogP contribution in [0, 0.1) is 0 Å². The van der Waals surface area contributed by atoms with Crippen molar-refractivity contribution in [2.75, 3.05) is 14.2 Å². The third-order valence-corrected chi connectivity index (χ3v) is 2.50. The summed E-state index contributed by atoms with van der Waals surface area (Å²) in [6.45, 7) is 0. The lowest BCUT2D eigenvalue weighted by atomic mass is 10.1. The Morgan fingerprint density at radius 3 is 2.65 bits per heavy atom. The molecule has 0 radical (unpaired) electrons. The average molecular weight is 235 g/mol. The Labute approximate surface area is 98.4 Å². The molecule has 3 N–H and O–H groups in total. The van der Waals surface area contributed by atoms with Gasteiger partial charge >= 0.3 is 0 Å². The molecule has 17 heavy (non-hydrogen) atoms. The van der Waals surface area contributed by atoms with Gasteiger partial charge in [0.2, 0.25) is 0 Å². The Morgan fingerprint density at radius 1 is 1.35 bits per heavy atom. The number of carbonyl (C=O) groups is 1. The van der Waals surface area contributed by atoms with Crippen molar-refractivity contribution in [3.05, 3.63) is 23.8 Å². The van der Waals surface area contributed by atoms with Crippen molar-refractivity contribution in [2.24, 2.45) is 10.7 Å². The van der Waals surface area contributed by atoms with E-state index in [1.165, 1.54) is 7.11 Å². The van der Waals surface area contributed by atoms with Crippen LogP contribution in [0.3, 0.4) is 0 Å². The third kappa shape index (κ3) is 2.01. The summed E-state index contributed by atoms with van der Waals surface area (Å²) in [6, 6.07) is 4.51. The lowest BCUT2D eigenvalue weighted by Crippen LogP contribution is -2.31. The molecule has 0 aromatic heterocycles. The zero-order valence-corrected chi connectivity index (χ0v) is 9.56. The van der Waals surface area contributed by atoms with Gasteiger partial charge in [-0.15, -0.1) is 0 Å². The van der Waals surface area contributed by atoms with E-state index < -0.39 is 6.04 Å². The topological polar surface area (TPSA) is 85.9 Å². The molecule has 1 aliphatic heterocycles. The van der Waals surface area contributed by atoms with Gasteiger partial charge in [-0.1, -0.05) is 0 Å². The molecule has 0 fully saturated rings. The molecule has 2 rings (SSSR count). The van der Waals surface area contributed by atoms with Crippen LogP contribution in [-0.4, -0.2) is 26.1 Å². The van der Waals surface area contributed by atoms with Crippen molar-refractivity contribution in [1.82, 2.24) is 5.32 Å². The molecule has 0 bridgehead atoms. The van der Waals surface area contributed by atoms with E-state index in [-0.39, 0.29) is 11.9 Å². The van der Waals surface area contributed by atoms with Gasteiger partial charge in [0, 0.05) is 5.56 Å². The van der Waals surface area contributed by atoms with Crippen LogP contribution in [0.15, 0.2) is 23.2 Å². The fourth-order valence-electron chi connectivity index (χ4n) is 1.69. The second-order valence-corrected chi connectivity index (χ2v) is 3.51. The number of methoxy groups -OCH3 is 2. The van der Waals surface area contributed by atoms with Gasteiger partial charge in [0.15, 0.2) is 12.0 Å². The van der Waals surface area contributed by atoms with Crippen LogP contribution >= 0.6 is 0 Å². The number of ether oxygens (including phenoxy) is 2. The summed E-state index contributed by atoms with van der Waals surface area (Å²) < 4.78 is 10.3. The van der Waals surface area contributed by atoms with Crippen LogP contribution in [0.1, 0.15) is 11.6 Å². The summed E-state index contributed by atoms with van der Waals surface area (Å²) in [5.41, 5.74) is 6.09. The van der Waals surface area contributed by atoms with Gasteiger partial charge in [-0.2, -0.15) is 0 Å². The Bertz CT molecular complexity index is 485. The number of rotatable bonds is 3. The molecule has 6 heteroatoms. The third-order valence-electron chi connectivity index (χ3n) is 2.50. The number of hydrogen-bond donors (Lipinski definition) is 2. The number of benzene rings is 1. The zero-order valence-electron chi connectivity index (χ0n) is 9.56. The summed E-state index contributed by atoms with van der Waals surface area (Å²) in [5.74, 6) is 1.05. The molecular formula is C11H13N3O3. The van der Waals surface area contributed by atoms with Crippen LogP contribution in [0.25, 0.3) is 0 Å². The number of carbonyl (C=O) groups excluding carboxylic acids is 1. The lowest BCUT2D eigenvalue weighted by Gasteiger charge is -2.12. The van der Waals surface area contributed by atoms with Crippen molar-refractivity contribution >= 4 is 11.9 Å². The van der Waals surface area contributed by atoms with E-state index in [0.717, 1.165) is 0 Å². The van der Waals surface area contributed by atoms with E-state index in [9.17, 15) is 4.79 Å². The predicted octanol–water partition coefficient (Wildman–Crippen LogP) is 0.189. The number of aliphatic imine (C=N–C) groups is 1. The van der Waals surface area contributed by atoms with E-state index in [2.05, 4.69) is 10.3 Å². The Hall–Kier alpha value is -2.24. The Balaban J connectivity index is 2.45. The van der Waals surface area contributed by atoms with E-state index in [1.54, 1.807) is 25.3 Å². The minimum Gasteiger partial charge on any atom is -0.497 e. The van der Waals surface area contributed by atoms with Crippen molar-refractivity contribution in [1.29, 1.82) is 0 Å². The van der Waals surface area contributed by atoms with Crippen LogP contribution in [-0.2, 0) is 4.79 Å². The van der Waals surface area contributed by atoms with Crippen molar-refractivity contribution < 1.29 is 14.3 Å². The van der Waals surface area contributed by atoms with Crippen LogP contribution < -0.4 is 20.5 Å². The molecule has 1 aromatic carbocycles. The van der Waals surface area contributed by atoms with Gasteiger partial charge in [0.1, 0.15) is 11.5 Å². The monoisotopic (exact) mass is 235 g/mol. The number of nitrogens with one attached hydrogen (secondary N) is 1. The molecule has 1 aliphatic rings. The number of guanidine groups is 1. The molecule has 6 nitrogen and oxygen atoms in total. The van der Waals surface area contributed by atoms with Crippen molar-refractivity contribution in [3.63, 3.8) is 0 Å². The van der Waals surface area contributed by atoms with E-state index in [0.29, 0.717) is 17.1 Å². The summed E-state index contributed by atoms with van der Waals surface area (Å²) in [4.78, 5) is 15.7. The molecule has 0 spiro atoms. The summed E-state index contributed by atoms with van der Waals surface area (Å²) in [7, 11) is 3.09. The van der Waals surface area contributed by atoms with Gasteiger partial charge in [0.25, 0.3) is 5.91 Å². The first-order valence-corrected chi connectivity index (χ1v) is 5.01. The fourth-order valence-corrected chi connectivity index (χ4v) is 1.69. The van der Waals surface area contributed by atoms with Crippen LogP contribution in [0.4, 0.5) is 0 Å². The first kappa shape index (κ1) is 11.3. The molecule has 0 saturated heterocycles. The first-order chi connectivity index (χ1) is 8.15. The van der Waals surface area contributed by atoms with Crippen LogP contribution in [0.2, 0.25) is 0 Å². The molecule has 1 amide bonds. The highest BCUT2D eigenvalue weighted by atomic mass is 16.5. The van der Waals surface area contributed by atoms with E-state index in [1.807, 2.05) is 0 Å². The average Bonchev–Trinajstić information content (AvgIpc) is 2.67. The molecule has 90 valence electrons. The highest BCUT2D eigenvalue weighted by Gasteiger charge is 2.29. The maximum atomic E-state index is 11.7. The first-order valence-electron chi connectivity index (χ1n) is 5.01. The van der Waals surface area contributed by atoms with Crippen molar-refractivity contribution in [2.45, 2.75) is 6.04 Å². The number of nitrogens with zero attached hydrogens (tertiary/aromatic N) is 1. The second-order valence-electron chi connectivity index (χ2n) is 3.51. The maximum Gasteiger partial charge on any atom is 0.256 e. The molecule has 0 saturated carbocycles. The summed E-state index contributed by atoms with van der Waals surface area (Å²) in [5, 5.41) is 2.45. The van der Waals surface area contributed by atoms with Crippen LogP contribution in [0.5, 0.6) is 11.5 Å². The summed E-state index contributed by atoms with van der Waals surface area (Å²) >= 11 is 0. The van der Waals surface area contributed by atoms with Crippen molar-refractivity contribution in [3.8, 4) is 11.5 Å². The van der Waals surface area contributed by atoms with Gasteiger partial charge in [-0.3, -0.25) is 10.1 Å². The Morgan fingerprint density at radius 2 is 2.12 bits per heavy atom. The predicted molar refractivity (Wildman–Crippen MR) is 62.1 cm³/mol. The fraction of sp³-hybridized carbons (Fsp3) is 0.273. The molecule has 1 aromatic rings. The Kier molecular flexibility index (Phi) is 2.86. The molecule has 1 unspecified atom stereocenters. The standard InChI is InChI=1S/C11H13N3O3/c1-16-6-3-4-8(17-2)7(5-6)9-10(15)14-11(12)13-9/h3-5,9H,1-2H3,(H3,12,13,14,15). The molecular weight excluding hydrogens is 222 g/mol. The number of hydrogen-bond acceptors (Lipinski definition) is 5. The molecule has 0 aliphatic carbocycles. The van der Waals surface area contributed by atoms with Gasteiger partial charge in [-0.25, -0.2) is 4.99 Å². The maximum absolute atomic E-state index is 11.7. The number of nitrogens with two attached hydrogens (primary N) is 1. The normalized spacial score (nSPS) is 18.6. The van der Waals surface area contributed by atoms with E-state index >= 15 is 0 Å². The SMILES string of the molecule is COc1ccc(OC)c(C2N=C(N)NC2=O)c1. The lowest BCUT2D eigenvalue weighted by molar-refractivity contribution is -0.120. The number of amides is 1. The molecule has 1 heterocycles. The minimum atomic E-state index is -0.681. The second kappa shape index (κ2) is 4.32. The highest BCUT2D eigenvalue weighted by molar-refractivity contribution is 6.04. The molecule has 1 atom stereocenters. The smallest absolute Gasteiger partial charge is 0.256 e. The zero-order chi connectivity index (χ0) is 12.4. The quantitative estimate of drug-likeness (QED) is 0.783. The van der Waals surface area contributed by atoms with Gasteiger partial charge in [0.05, 0.1) is 14.2 Å².